The normalized spacial score (nSPS) is 28.5. The lowest BCUT2D eigenvalue weighted by molar-refractivity contribution is 0.0560. The highest BCUT2D eigenvalue weighted by atomic mass is 16.5. The summed E-state index contributed by atoms with van der Waals surface area (Å²) in [5, 5.41) is 12.9. The molecule has 1 N–H and O–H groups in total. The van der Waals surface area contributed by atoms with Crippen molar-refractivity contribution in [1.82, 2.24) is 4.90 Å². The van der Waals surface area contributed by atoms with E-state index in [1.807, 2.05) is 0 Å². The first-order chi connectivity index (χ1) is 9.42. The minimum absolute atomic E-state index is 0.774. The summed E-state index contributed by atoms with van der Waals surface area (Å²) in [6.45, 7) is 3.36. The van der Waals surface area contributed by atoms with Crippen molar-refractivity contribution >= 4 is 5.71 Å². The maximum Gasteiger partial charge on any atom is 0.102 e. The Morgan fingerprint density at radius 3 is 2.42 bits per heavy atom. The van der Waals surface area contributed by atoms with Crippen molar-refractivity contribution in [3.63, 3.8) is 0 Å². The second-order valence-corrected chi connectivity index (χ2v) is 5.40. The number of allylic oxidation sites excluding steroid dienone is 2. The zero-order chi connectivity index (χ0) is 13.3. The number of oxime groups is 1. The monoisotopic (exact) mass is 266 g/mol. The van der Waals surface area contributed by atoms with Crippen molar-refractivity contribution in [2.45, 2.75) is 51.4 Å². The molecule has 0 bridgehead atoms. The number of hydrogen-bond acceptors (Lipinski definition) is 4. The van der Waals surface area contributed by atoms with Crippen molar-refractivity contribution < 1.29 is 9.94 Å². The molecule has 1 heterocycles. The summed E-state index contributed by atoms with van der Waals surface area (Å²) in [4.78, 5) is 2.32. The molecule has 108 valence electrons. The lowest BCUT2D eigenvalue weighted by Gasteiger charge is -2.31. The van der Waals surface area contributed by atoms with Crippen molar-refractivity contribution in [2.75, 3.05) is 26.3 Å². The summed E-state index contributed by atoms with van der Waals surface area (Å²) in [7, 11) is 0. The number of nitrogens with zero attached hydrogens (tertiary/aromatic N) is 2. The van der Waals surface area contributed by atoms with Crippen LogP contribution in [-0.2, 0) is 4.74 Å². The van der Waals surface area contributed by atoms with Crippen molar-refractivity contribution in [3.8, 4) is 0 Å². The average molecular weight is 266 g/mol. The maximum absolute atomic E-state index is 9.33. The average Bonchev–Trinajstić information content (AvgIpc) is 2.52. The van der Waals surface area contributed by atoms with E-state index in [0.29, 0.717) is 0 Å². The Hall–Kier alpha value is -1.03. The van der Waals surface area contributed by atoms with Crippen LogP contribution in [0.5, 0.6) is 0 Å². The van der Waals surface area contributed by atoms with Crippen molar-refractivity contribution in [2.24, 2.45) is 5.16 Å². The van der Waals surface area contributed by atoms with Gasteiger partial charge >= 0.3 is 0 Å². The highest BCUT2D eigenvalue weighted by molar-refractivity contribution is 5.99. The van der Waals surface area contributed by atoms with Gasteiger partial charge in [0.1, 0.15) is 5.71 Å². The van der Waals surface area contributed by atoms with E-state index in [1.165, 1.54) is 32.1 Å². The van der Waals surface area contributed by atoms with E-state index in [-0.39, 0.29) is 0 Å². The van der Waals surface area contributed by atoms with E-state index in [2.05, 4.69) is 16.1 Å². The third-order valence-electron chi connectivity index (χ3n) is 3.97. The summed E-state index contributed by atoms with van der Waals surface area (Å²) in [6.07, 6.45) is 11.8. The van der Waals surface area contributed by atoms with Gasteiger partial charge < -0.3 is 14.8 Å². The van der Waals surface area contributed by atoms with E-state index in [1.54, 1.807) is 0 Å². The summed E-state index contributed by atoms with van der Waals surface area (Å²) >= 11 is 0. The van der Waals surface area contributed by atoms with E-state index in [4.69, 9.17) is 4.74 Å². The molecule has 0 aromatic rings. The first kappa shape index (κ1) is 14.4. The predicted octanol–water partition coefficient (Wildman–Crippen LogP) is 3.17. The minimum Gasteiger partial charge on any atom is -0.411 e. The number of rotatable bonds is 1. The molecule has 0 aromatic heterocycles. The lowest BCUT2D eigenvalue weighted by atomic mass is 10.1. The van der Waals surface area contributed by atoms with Crippen LogP contribution in [0.4, 0.5) is 0 Å². The van der Waals surface area contributed by atoms with E-state index >= 15 is 0 Å². The third-order valence-corrected chi connectivity index (χ3v) is 3.97. The molecular formula is C15H26N2O2. The van der Waals surface area contributed by atoms with Crippen LogP contribution in [0, 0.1) is 0 Å². The first-order valence-electron chi connectivity index (χ1n) is 7.66. The SMILES string of the molecule is ON=C1CCCCCCCC/C=C\1N1CCOCC1. The molecule has 2 aliphatic rings. The van der Waals surface area contributed by atoms with Gasteiger partial charge in [-0.3, -0.25) is 0 Å². The Morgan fingerprint density at radius 1 is 1.00 bits per heavy atom. The fourth-order valence-corrected chi connectivity index (χ4v) is 2.85. The summed E-state index contributed by atoms with van der Waals surface area (Å²) < 4.78 is 5.41. The van der Waals surface area contributed by atoms with Gasteiger partial charge in [-0.2, -0.15) is 0 Å². The topological polar surface area (TPSA) is 45.1 Å². The Morgan fingerprint density at radius 2 is 1.68 bits per heavy atom. The fraction of sp³-hybridized carbons (Fsp3) is 0.800. The Balaban J connectivity index is 2.08. The third kappa shape index (κ3) is 4.53. The molecular weight excluding hydrogens is 240 g/mol. The molecule has 4 nitrogen and oxygen atoms in total. The Kier molecular flexibility index (Phi) is 6.21. The zero-order valence-electron chi connectivity index (χ0n) is 11.8. The molecule has 0 saturated carbocycles. The van der Waals surface area contributed by atoms with Crippen LogP contribution < -0.4 is 0 Å². The zero-order valence-corrected chi connectivity index (χ0v) is 11.8. The molecule has 4 heteroatoms. The van der Waals surface area contributed by atoms with Crippen LogP contribution in [0.3, 0.4) is 0 Å². The quantitative estimate of drug-likeness (QED) is 0.585. The van der Waals surface area contributed by atoms with Gasteiger partial charge in [0.05, 0.1) is 18.9 Å². The largest absolute Gasteiger partial charge is 0.411 e. The predicted molar refractivity (Wildman–Crippen MR) is 76.6 cm³/mol. The second-order valence-electron chi connectivity index (χ2n) is 5.40. The van der Waals surface area contributed by atoms with Crippen molar-refractivity contribution in [3.05, 3.63) is 11.8 Å². The summed E-state index contributed by atoms with van der Waals surface area (Å²) in [5.74, 6) is 0. The smallest absolute Gasteiger partial charge is 0.102 e. The van der Waals surface area contributed by atoms with E-state index in [0.717, 1.165) is 57.0 Å². The standard InChI is InChI=1S/C15H26N2O2/c18-16-14-8-6-4-2-1-3-5-7-9-15(14)17-10-12-19-13-11-17/h9,18H,1-8,10-13H2/b15-9+,16-14?. The molecule has 19 heavy (non-hydrogen) atoms. The van der Waals surface area contributed by atoms with Crippen LogP contribution >= 0.6 is 0 Å². The van der Waals surface area contributed by atoms with Gasteiger partial charge in [0.25, 0.3) is 0 Å². The van der Waals surface area contributed by atoms with Crippen LogP contribution in [-0.4, -0.2) is 42.1 Å². The molecule has 0 amide bonds. The Bertz CT molecular complexity index is 320. The molecule has 0 atom stereocenters. The van der Waals surface area contributed by atoms with Gasteiger partial charge in [-0.1, -0.05) is 36.9 Å². The first-order valence-corrected chi connectivity index (χ1v) is 7.66. The molecule has 0 radical (unpaired) electrons. The number of ether oxygens (including phenoxy) is 1. The van der Waals surface area contributed by atoms with Crippen LogP contribution in [0.1, 0.15) is 51.4 Å². The van der Waals surface area contributed by atoms with E-state index in [9.17, 15) is 5.21 Å². The van der Waals surface area contributed by atoms with Gasteiger partial charge in [0, 0.05) is 13.1 Å². The molecule has 1 aliphatic heterocycles. The van der Waals surface area contributed by atoms with Gasteiger partial charge in [-0.15, -0.1) is 0 Å². The van der Waals surface area contributed by atoms with Crippen LogP contribution in [0.15, 0.2) is 16.9 Å². The number of morpholine rings is 1. The fourth-order valence-electron chi connectivity index (χ4n) is 2.85. The summed E-state index contributed by atoms with van der Waals surface area (Å²) in [5.41, 5.74) is 2.01. The van der Waals surface area contributed by atoms with Gasteiger partial charge in [-0.05, 0) is 25.7 Å². The second kappa shape index (κ2) is 8.20. The molecule has 1 aliphatic carbocycles. The molecule has 0 unspecified atom stereocenters. The van der Waals surface area contributed by atoms with Gasteiger partial charge in [0.15, 0.2) is 0 Å². The summed E-state index contributed by atoms with van der Waals surface area (Å²) in [6, 6.07) is 0. The highest BCUT2D eigenvalue weighted by Gasteiger charge is 2.18. The molecule has 2 rings (SSSR count). The van der Waals surface area contributed by atoms with Crippen LogP contribution in [0.2, 0.25) is 0 Å². The highest BCUT2D eigenvalue weighted by Crippen LogP contribution is 2.19. The minimum atomic E-state index is 0.774. The van der Waals surface area contributed by atoms with Gasteiger partial charge in [-0.25, -0.2) is 0 Å². The molecule has 1 fully saturated rings. The van der Waals surface area contributed by atoms with Gasteiger partial charge in [0.2, 0.25) is 0 Å². The van der Waals surface area contributed by atoms with E-state index < -0.39 is 0 Å². The molecule has 1 saturated heterocycles. The van der Waals surface area contributed by atoms with Crippen LogP contribution in [0.25, 0.3) is 0 Å². The Labute approximate surface area is 116 Å². The molecule has 0 spiro atoms. The number of hydrogen-bond donors (Lipinski definition) is 1. The maximum atomic E-state index is 9.33. The van der Waals surface area contributed by atoms with Crippen molar-refractivity contribution in [1.29, 1.82) is 0 Å². The lowest BCUT2D eigenvalue weighted by Crippen LogP contribution is -2.38. The molecule has 0 aromatic carbocycles.